The standard InChI is InChI=1S/C11H11ClN4O4S/c1-20-10-7(6-17)4-8(12)5-9(10)21(18,19)16-11-13-2-3-14-15-11/h2-5,17H,6H2,1H3,(H,13,15,16). The predicted octanol–water partition coefficient (Wildman–Crippen LogP) is 0.827. The van der Waals surface area contributed by atoms with Crippen LogP contribution in [-0.4, -0.2) is 35.8 Å². The van der Waals surface area contributed by atoms with Crippen molar-refractivity contribution in [2.45, 2.75) is 11.5 Å². The predicted molar refractivity (Wildman–Crippen MR) is 74.6 cm³/mol. The zero-order chi connectivity index (χ0) is 15.5. The van der Waals surface area contributed by atoms with Crippen molar-refractivity contribution >= 4 is 27.6 Å². The van der Waals surface area contributed by atoms with E-state index >= 15 is 0 Å². The second-order valence-corrected chi connectivity index (χ2v) is 5.91. The lowest BCUT2D eigenvalue weighted by molar-refractivity contribution is 0.272. The van der Waals surface area contributed by atoms with Crippen molar-refractivity contribution in [3.05, 3.63) is 35.1 Å². The summed E-state index contributed by atoms with van der Waals surface area (Å²) in [7, 11) is -2.75. The molecule has 10 heteroatoms. The van der Waals surface area contributed by atoms with Crippen LogP contribution in [0.4, 0.5) is 5.95 Å². The third kappa shape index (κ3) is 3.38. The molecule has 1 aromatic heterocycles. The van der Waals surface area contributed by atoms with Crippen LogP contribution >= 0.6 is 11.6 Å². The Balaban J connectivity index is 2.51. The Hall–Kier alpha value is -1.97. The minimum Gasteiger partial charge on any atom is -0.495 e. The van der Waals surface area contributed by atoms with E-state index in [-0.39, 0.29) is 27.2 Å². The summed E-state index contributed by atoms with van der Waals surface area (Å²) < 4.78 is 31.9. The highest BCUT2D eigenvalue weighted by Gasteiger charge is 2.24. The van der Waals surface area contributed by atoms with E-state index in [2.05, 4.69) is 19.9 Å². The normalized spacial score (nSPS) is 11.2. The van der Waals surface area contributed by atoms with Gasteiger partial charge in [0.25, 0.3) is 16.0 Å². The summed E-state index contributed by atoms with van der Waals surface area (Å²) in [5.41, 5.74) is 0.248. The lowest BCUT2D eigenvalue weighted by Gasteiger charge is -2.13. The van der Waals surface area contributed by atoms with Crippen molar-refractivity contribution in [2.24, 2.45) is 0 Å². The van der Waals surface area contributed by atoms with Gasteiger partial charge in [0.2, 0.25) is 0 Å². The molecule has 0 fully saturated rings. The molecule has 2 N–H and O–H groups in total. The highest BCUT2D eigenvalue weighted by molar-refractivity contribution is 7.92. The van der Waals surface area contributed by atoms with Crippen molar-refractivity contribution in [3.8, 4) is 5.75 Å². The summed E-state index contributed by atoms with van der Waals surface area (Å²) in [6, 6.07) is 2.62. The van der Waals surface area contributed by atoms with Crippen molar-refractivity contribution in [1.82, 2.24) is 15.2 Å². The van der Waals surface area contributed by atoms with Crippen LogP contribution in [0.5, 0.6) is 5.75 Å². The number of anilines is 1. The Labute approximate surface area is 125 Å². The molecule has 0 amide bonds. The average Bonchev–Trinajstić information content (AvgIpc) is 2.46. The largest absolute Gasteiger partial charge is 0.495 e. The van der Waals surface area contributed by atoms with Crippen LogP contribution in [0.25, 0.3) is 0 Å². The summed E-state index contributed by atoms with van der Waals surface area (Å²) >= 11 is 5.86. The number of halogens is 1. The summed E-state index contributed by atoms with van der Waals surface area (Å²) in [5.74, 6) is -0.191. The Kier molecular flexibility index (Phi) is 4.56. The molecule has 0 bridgehead atoms. The first-order chi connectivity index (χ1) is 9.97. The van der Waals surface area contributed by atoms with E-state index in [0.717, 1.165) is 0 Å². The maximum Gasteiger partial charge on any atom is 0.268 e. The highest BCUT2D eigenvalue weighted by Crippen LogP contribution is 2.32. The summed E-state index contributed by atoms with van der Waals surface area (Å²) in [5, 5.41) is 16.5. The van der Waals surface area contributed by atoms with Crippen LogP contribution in [0.2, 0.25) is 5.02 Å². The SMILES string of the molecule is COc1c(CO)cc(Cl)cc1S(=O)(=O)Nc1nccnn1. The van der Waals surface area contributed by atoms with Crippen LogP contribution in [-0.2, 0) is 16.6 Å². The number of aliphatic hydroxyl groups is 1. The molecule has 112 valence electrons. The molecule has 0 spiro atoms. The summed E-state index contributed by atoms with van der Waals surface area (Å²) in [4.78, 5) is 3.50. The van der Waals surface area contributed by atoms with Crippen LogP contribution < -0.4 is 9.46 Å². The van der Waals surface area contributed by atoms with Gasteiger partial charge in [-0.05, 0) is 12.1 Å². The molecular formula is C11H11ClN4O4S. The van der Waals surface area contributed by atoms with Gasteiger partial charge in [0.15, 0.2) is 0 Å². The van der Waals surface area contributed by atoms with Crippen molar-refractivity contribution < 1.29 is 18.3 Å². The fraction of sp³-hybridized carbons (Fsp3) is 0.182. The molecule has 1 heterocycles. The van der Waals surface area contributed by atoms with Gasteiger partial charge in [0, 0.05) is 10.6 Å². The maximum atomic E-state index is 12.4. The quantitative estimate of drug-likeness (QED) is 0.834. The van der Waals surface area contributed by atoms with Gasteiger partial charge in [-0.3, -0.25) is 0 Å². The number of sulfonamides is 1. The van der Waals surface area contributed by atoms with E-state index in [9.17, 15) is 13.5 Å². The first kappa shape index (κ1) is 15.4. The van der Waals surface area contributed by atoms with E-state index in [1.54, 1.807) is 0 Å². The molecule has 0 saturated carbocycles. The number of hydrogen-bond acceptors (Lipinski definition) is 7. The third-order valence-electron chi connectivity index (χ3n) is 2.47. The second kappa shape index (κ2) is 6.20. The molecule has 2 aromatic rings. The van der Waals surface area contributed by atoms with Gasteiger partial charge >= 0.3 is 0 Å². The van der Waals surface area contributed by atoms with Gasteiger partial charge in [0.1, 0.15) is 10.6 Å². The molecule has 0 atom stereocenters. The number of hydrogen-bond donors (Lipinski definition) is 2. The molecule has 8 nitrogen and oxygen atoms in total. The lowest BCUT2D eigenvalue weighted by atomic mass is 10.2. The van der Waals surface area contributed by atoms with Gasteiger partial charge in [-0.15, -0.1) is 5.10 Å². The van der Waals surface area contributed by atoms with Gasteiger partial charge in [-0.2, -0.15) is 5.10 Å². The molecule has 0 unspecified atom stereocenters. The second-order valence-electron chi connectivity index (χ2n) is 3.83. The maximum absolute atomic E-state index is 12.4. The van der Waals surface area contributed by atoms with Crippen molar-refractivity contribution in [1.29, 1.82) is 0 Å². The lowest BCUT2D eigenvalue weighted by Crippen LogP contribution is -2.17. The fourth-order valence-corrected chi connectivity index (χ4v) is 3.13. The summed E-state index contributed by atoms with van der Waals surface area (Å²) in [6.07, 6.45) is 2.60. The van der Waals surface area contributed by atoms with Crippen LogP contribution in [0.3, 0.4) is 0 Å². The molecular weight excluding hydrogens is 320 g/mol. The Morgan fingerprint density at radius 3 is 2.71 bits per heavy atom. The molecule has 0 radical (unpaired) electrons. The van der Waals surface area contributed by atoms with E-state index < -0.39 is 16.6 Å². The van der Waals surface area contributed by atoms with Crippen LogP contribution in [0.1, 0.15) is 5.56 Å². The minimum atomic E-state index is -4.05. The molecule has 21 heavy (non-hydrogen) atoms. The molecule has 2 rings (SSSR count). The number of aromatic nitrogens is 3. The average molecular weight is 331 g/mol. The van der Waals surface area contributed by atoms with Gasteiger partial charge in [-0.25, -0.2) is 18.1 Å². The minimum absolute atomic E-state index is 0.00158. The number of nitrogens with zero attached hydrogens (tertiary/aromatic N) is 3. The molecule has 0 aliphatic heterocycles. The number of rotatable bonds is 5. The van der Waals surface area contributed by atoms with E-state index in [4.69, 9.17) is 16.3 Å². The van der Waals surface area contributed by atoms with Crippen LogP contribution in [0.15, 0.2) is 29.4 Å². The van der Waals surface area contributed by atoms with Crippen molar-refractivity contribution in [2.75, 3.05) is 11.8 Å². The summed E-state index contributed by atoms with van der Waals surface area (Å²) in [6.45, 7) is -0.421. The topological polar surface area (TPSA) is 114 Å². The number of methoxy groups -OCH3 is 1. The third-order valence-corrected chi connectivity index (χ3v) is 4.02. The van der Waals surface area contributed by atoms with E-state index in [1.165, 1.54) is 31.6 Å². The van der Waals surface area contributed by atoms with Gasteiger partial charge in [0.05, 0.1) is 26.1 Å². The monoisotopic (exact) mass is 330 g/mol. The van der Waals surface area contributed by atoms with Gasteiger partial charge in [-0.1, -0.05) is 11.6 Å². The first-order valence-electron chi connectivity index (χ1n) is 5.61. The van der Waals surface area contributed by atoms with E-state index in [0.29, 0.717) is 0 Å². The smallest absolute Gasteiger partial charge is 0.268 e. The number of aliphatic hydroxyl groups excluding tert-OH is 1. The Morgan fingerprint density at radius 2 is 2.14 bits per heavy atom. The fourth-order valence-electron chi connectivity index (χ4n) is 1.64. The number of benzene rings is 1. The first-order valence-corrected chi connectivity index (χ1v) is 7.48. The number of nitrogens with one attached hydrogen (secondary N) is 1. The van der Waals surface area contributed by atoms with Gasteiger partial charge < -0.3 is 9.84 Å². The molecule has 0 saturated heterocycles. The van der Waals surface area contributed by atoms with E-state index in [1.807, 2.05) is 0 Å². The Morgan fingerprint density at radius 1 is 1.38 bits per heavy atom. The molecule has 0 aliphatic rings. The zero-order valence-electron chi connectivity index (χ0n) is 10.8. The van der Waals surface area contributed by atoms with Crippen molar-refractivity contribution in [3.63, 3.8) is 0 Å². The Bertz CT molecular complexity index is 739. The molecule has 0 aliphatic carbocycles. The van der Waals surface area contributed by atoms with Crippen LogP contribution in [0, 0.1) is 0 Å². The number of ether oxygens (including phenoxy) is 1. The molecule has 1 aromatic carbocycles. The zero-order valence-corrected chi connectivity index (χ0v) is 12.4. The highest BCUT2D eigenvalue weighted by atomic mass is 35.5.